The number of nitrogens with zero attached hydrogens (tertiary/aromatic N) is 4. The predicted octanol–water partition coefficient (Wildman–Crippen LogP) is 0.754. The summed E-state index contributed by atoms with van der Waals surface area (Å²) in [6.45, 7) is 2.75. The van der Waals surface area contributed by atoms with Gasteiger partial charge in [0, 0.05) is 26.2 Å². The topological polar surface area (TPSA) is 70.5 Å². The molecule has 1 fully saturated rings. The second-order valence-electron chi connectivity index (χ2n) is 5.79. The van der Waals surface area contributed by atoms with Gasteiger partial charge in [0.2, 0.25) is 5.91 Å². The van der Waals surface area contributed by atoms with Crippen LogP contribution in [0.25, 0.3) is 5.69 Å². The van der Waals surface area contributed by atoms with Crippen molar-refractivity contribution in [3.8, 4) is 5.69 Å². The average Bonchev–Trinajstić information content (AvgIpc) is 2.65. The number of benzene rings is 1. The lowest BCUT2D eigenvalue weighted by Crippen LogP contribution is -2.51. The number of likely N-dealkylation sites (N-methyl/N-ethyl adjacent to an activating group) is 1. The van der Waals surface area contributed by atoms with Crippen LogP contribution in [-0.4, -0.2) is 60.4 Å². The largest absolute Gasteiger partial charge is 0.365 e. The standard InChI is InChI=1S/C17H20ClN5O2/c1-19-12-15(24)22-9-7-21(8-10-22)14-11-20-23(17(25)16(14)18)13-5-3-2-4-6-13/h2-6,11,19H,7-10,12H2,1H3. The van der Waals surface area contributed by atoms with E-state index in [1.54, 1.807) is 30.3 Å². The molecule has 2 heterocycles. The van der Waals surface area contributed by atoms with E-state index in [9.17, 15) is 9.59 Å². The number of piperazine rings is 1. The fourth-order valence-corrected chi connectivity index (χ4v) is 3.11. The van der Waals surface area contributed by atoms with E-state index in [0.29, 0.717) is 44.1 Å². The van der Waals surface area contributed by atoms with Gasteiger partial charge in [0.15, 0.2) is 0 Å². The summed E-state index contributed by atoms with van der Waals surface area (Å²) in [5.41, 5.74) is 0.932. The maximum absolute atomic E-state index is 12.6. The molecule has 1 N–H and O–H groups in total. The second kappa shape index (κ2) is 7.67. The highest BCUT2D eigenvalue weighted by Gasteiger charge is 2.23. The number of nitrogens with one attached hydrogen (secondary N) is 1. The number of rotatable bonds is 4. The molecular formula is C17H20ClN5O2. The Labute approximate surface area is 150 Å². The fourth-order valence-electron chi connectivity index (χ4n) is 2.86. The Hall–Kier alpha value is -2.38. The average molecular weight is 362 g/mol. The summed E-state index contributed by atoms with van der Waals surface area (Å²) in [5.74, 6) is 0.0749. The Morgan fingerprint density at radius 1 is 1.20 bits per heavy atom. The Balaban J connectivity index is 1.78. The minimum absolute atomic E-state index is 0.0749. The van der Waals surface area contributed by atoms with Crippen LogP contribution in [0, 0.1) is 0 Å². The summed E-state index contributed by atoms with van der Waals surface area (Å²) in [4.78, 5) is 28.3. The quantitative estimate of drug-likeness (QED) is 0.870. The van der Waals surface area contributed by atoms with Gasteiger partial charge in [-0.1, -0.05) is 29.8 Å². The summed E-state index contributed by atoms with van der Waals surface area (Å²) in [5, 5.41) is 7.27. The number of anilines is 1. The normalized spacial score (nSPS) is 14.6. The van der Waals surface area contributed by atoms with E-state index < -0.39 is 0 Å². The molecule has 0 aliphatic carbocycles. The van der Waals surface area contributed by atoms with Crippen LogP contribution in [0.1, 0.15) is 0 Å². The Morgan fingerprint density at radius 2 is 1.88 bits per heavy atom. The Kier molecular flexibility index (Phi) is 5.35. The summed E-state index contributed by atoms with van der Waals surface area (Å²) in [6.07, 6.45) is 1.61. The molecule has 7 nitrogen and oxygen atoms in total. The Morgan fingerprint density at radius 3 is 2.52 bits per heavy atom. The molecule has 0 saturated carbocycles. The van der Waals surface area contributed by atoms with Gasteiger partial charge in [-0.25, -0.2) is 0 Å². The molecule has 25 heavy (non-hydrogen) atoms. The van der Waals surface area contributed by atoms with Crippen molar-refractivity contribution in [3.63, 3.8) is 0 Å². The third kappa shape index (κ3) is 3.67. The highest BCUT2D eigenvalue weighted by Crippen LogP contribution is 2.23. The molecule has 1 aliphatic heterocycles. The summed E-state index contributed by atoms with van der Waals surface area (Å²) >= 11 is 6.32. The number of para-hydroxylation sites is 1. The molecule has 0 spiro atoms. The number of aromatic nitrogens is 2. The van der Waals surface area contributed by atoms with Gasteiger partial charge in [-0.15, -0.1) is 0 Å². The number of carbonyl (C=O) groups excluding carboxylic acids is 1. The predicted molar refractivity (Wildman–Crippen MR) is 97.6 cm³/mol. The van der Waals surface area contributed by atoms with E-state index in [4.69, 9.17) is 11.6 Å². The summed E-state index contributed by atoms with van der Waals surface area (Å²) in [7, 11) is 1.75. The lowest BCUT2D eigenvalue weighted by molar-refractivity contribution is -0.130. The molecule has 1 aromatic heterocycles. The molecular weight excluding hydrogens is 342 g/mol. The van der Waals surface area contributed by atoms with E-state index >= 15 is 0 Å². The van der Waals surface area contributed by atoms with Crippen molar-refractivity contribution in [2.75, 3.05) is 44.7 Å². The molecule has 132 valence electrons. The first kappa shape index (κ1) is 17.4. The van der Waals surface area contributed by atoms with Crippen molar-refractivity contribution in [1.29, 1.82) is 0 Å². The van der Waals surface area contributed by atoms with Crippen molar-refractivity contribution in [3.05, 3.63) is 51.9 Å². The first-order valence-electron chi connectivity index (χ1n) is 8.12. The first-order valence-corrected chi connectivity index (χ1v) is 8.50. The van der Waals surface area contributed by atoms with E-state index in [-0.39, 0.29) is 16.5 Å². The van der Waals surface area contributed by atoms with Crippen molar-refractivity contribution in [2.24, 2.45) is 0 Å². The van der Waals surface area contributed by atoms with Crippen LogP contribution in [0.3, 0.4) is 0 Å². The number of halogens is 1. The lowest BCUT2D eigenvalue weighted by Gasteiger charge is -2.36. The highest BCUT2D eigenvalue weighted by atomic mass is 35.5. The van der Waals surface area contributed by atoms with Crippen LogP contribution in [-0.2, 0) is 4.79 Å². The van der Waals surface area contributed by atoms with Crippen LogP contribution in [0.5, 0.6) is 0 Å². The molecule has 8 heteroatoms. The third-order valence-electron chi connectivity index (χ3n) is 4.20. The van der Waals surface area contributed by atoms with Gasteiger partial charge in [-0.2, -0.15) is 9.78 Å². The van der Waals surface area contributed by atoms with E-state index in [1.165, 1.54) is 4.68 Å². The molecule has 0 radical (unpaired) electrons. The zero-order valence-corrected chi connectivity index (χ0v) is 14.7. The summed E-state index contributed by atoms with van der Waals surface area (Å²) < 4.78 is 1.29. The van der Waals surface area contributed by atoms with Crippen LogP contribution in [0.2, 0.25) is 5.02 Å². The zero-order chi connectivity index (χ0) is 17.8. The van der Waals surface area contributed by atoms with Gasteiger partial charge < -0.3 is 15.1 Å². The number of hydrogen-bond donors (Lipinski definition) is 1. The monoisotopic (exact) mass is 361 g/mol. The fraction of sp³-hybridized carbons (Fsp3) is 0.353. The van der Waals surface area contributed by atoms with Crippen LogP contribution in [0.15, 0.2) is 41.3 Å². The molecule has 0 atom stereocenters. The minimum atomic E-state index is -0.348. The number of hydrogen-bond acceptors (Lipinski definition) is 5. The van der Waals surface area contributed by atoms with Crippen LogP contribution < -0.4 is 15.8 Å². The van der Waals surface area contributed by atoms with Gasteiger partial charge in [-0.05, 0) is 19.2 Å². The molecule has 1 aliphatic rings. The molecule has 1 aromatic carbocycles. The van der Waals surface area contributed by atoms with Crippen LogP contribution in [0.4, 0.5) is 5.69 Å². The smallest absolute Gasteiger partial charge is 0.292 e. The number of amides is 1. The van der Waals surface area contributed by atoms with Gasteiger partial charge in [0.25, 0.3) is 5.56 Å². The molecule has 1 amide bonds. The van der Waals surface area contributed by atoms with E-state index in [2.05, 4.69) is 10.4 Å². The SMILES string of the molecule is CNCC(=O)N1CCN(c2cnn(-c3ccccc3)c(=O)c2Cl)CC1. The van der Waals surface area contributed by atoms with E-state index in [0.717, 1.165) is 0 Å². The zero-order valence-electron chi connectivity index (χ0n) is 14.0. The molecule has 0 unspecified atom stereocenters. The van der Waals surface area contributed by atoms with Crippen LogP contribution >= 0.6 is 11.6 Å². The minimum Gasteiger partial charge on any atom is -0.365 e. The van der Waals surface area contributed by atoms with Gasteiger partial charge in [0.1, 0.15) is 5.02 Å². The maximum atomic E-state index is 12.6. The molecule has 0 bridgehead atoms. The van der Waals surface area contributed by atoms with Crippen molar-refractivity contribution in [1.82, 2.24) is 20.0 Å². The van der Waals surface area contributed by atoms with Crippen molar-refractivity contribution >= 4 is 23.2 Å². The maximum Gasteiger partial charge on any atom is 0.292 e. The van der Waals surface area contributed by atoms with Crippen molar-refractivity contribution < 1.29 is 4.79 Å². The van der Waals surface area contributed by atoms with Crippen molar-refractivity contribution in [2.45, 2.75) is 0 Å². The highest BCUT2D eigenvalue weighted by molar-refractivity contribution is 6.33. The van der Waals surface area contributed by atoms with Gasteiger partial charge >= 0.3 is 0 Å². The van der Waals surface area contributed by atoms with Gasteiger partial charge in [0.05, 0.1) is 24.1 Å². The third-order valence-corrected chi connectivity index (χ3v) is 4.56. The first-order chi connectivity index (χ1) is 12.1. The molecule has 1 saturated heterocycles. The van der Waals surface area contributed by atoms with E-state index in [1.807, 2.05) is 23.1 Å². The second-order valence-corrected chi connectivity index (χ2v) is 6.17. The summed E-state index contributed by atoms with van der Waals surface area (Å²) in [6, 6.07) is 9.16. The number of carbonyl (C=O) groups is 1. The molecule has 3 rings (SSSR count). The lowest BCUT2D eigenvalue weighted by atomic mass is 10.2. The Bertz CT molecular complexity index is 800. The van der Waals surface area contributed by atoms with Gasteiger partial charge in [-0.3, -0.25) is 9.59 Å². The molecule has 2 aromatic rings.